The predicted molar refractivity (Wildman–Crippen MR) is 91.8 cm³/mol. The summed E-state index contributed by atoms with van der Waals surface area (Å²) in [7, 11) is 0. The van der Waals surface area contributed by atoms with Crippen LogP contribution in [0.2, 0.25) is 0 Å². The second kappa shape index (κ2) is 6.12. The van der Waals surface area contributed by atoms with Crippen molar-refractivity contribution >= 4 is 28.9 Å². The molecule has 5 nitrogen and oxygen atoms in total. The van der Waals surface area contributed by atoms with Gasteiger partial charge in [-0.05, 0) is 49.2 Å². The van der Waals surface area contributed by atoms with E-state index in [0.29, 0.717) is 0 Å². The summed E-state index contributed by atoms with van der Waals surface area (Å²) in [6.45, 7) is 4.18. The Morgan fingerprint density at radius 2 is 1.87 bits per heavy atom. The molecule has 5 heteroatoms. The van der Waals surface area contributed by atoms with E-state index in [-0.39, 0.29) is 24.9 Å². The molecule has 0 atom stereocenters. The zero-order valence-electron chi connectivity index (χ0n) is 13.2. The van der Waals surface area contributed by atoms with Crippen LogP contribution in [0.15, 0.2) is 42.5 Å². The van der Waals surface area contributed by atoms with Gasteiger partial charge in [0.25, 0.3) is 0 Å². The molecular formula is C18H19N3O2. The van der Waals surface area contributed by atoms with Gasteiger partial charge in [0.2, 0.25) is 11.8 Å². The predicted octanol–water partition coefficient (Wildman–Crippen LogP) is 2.70. The third kappa shape index (κ3) is 3.34. The highest BCUT2D eigenvalue weighted by Gasteiger charge is 2.25. The summed E-state index contributed by atoms with van der Waals surface area (Å²) in [4.78, 5) is 26.0. The lowest BCUT2D eigenvalue weighted by Gasteiger charge is -2.29. The normalized spacial score (nSPS) is 13.3. The molecule has 0 aromatic heterocycles. The lowest BCUT2D eigenvalue weighted by atomic mass is 10.1. The molecule has 1 aliphatic rings. The van der Waals surface area contributed by atoms with Gasteiger partial charge in [0.1, 0.15) is 6.54 Å². The Morgan fingerprint density at radius 3 is 2.61 bits per heavy atom. The SMILES string of the molecule is Cc1cc(C)cc(NC(=O)CN2C(=O)CNc3ccccc32)c1. The van der Waals surface area contributed by atoms with Crippen LogP contribution in [0, 0.1) is 13.8 Å². The maximum atomic E-state index is 12.3. The average molecular weight is 309 g/mol. The van der Waals surface area contributed by atoms with Crippen LogP contribution in [0.1, 0.15) is 11.1 Å². The summed E-state index contributed by atoms with van der Waals surface area (Å²) in [5, 5.41) is 5.93. The molecule has 0 saturated heterocycles. The van der Waals surface area contributed by atoms with Gasteiger partial charge in [0.15, 0.2) is 0 Å². The monoisotopic (exact) mass is 309 g/mol. The van der Waals surface area contributed by atoms with E-state index < -0.39 is 0 Å². The van der Waals surface area contributed by atoms with Crippen LogP contribution >= 0.6 is 0 Å². The van der Waals surface area contributed by atoms with E-state index in [1.54, 1.807) is 0 Å². The molecule has 0 unspecified atom stereocenters. The van der Waals surface area contributed by atoms with Gasteiger partial charge in [0.05, 0.1) is 17.9 Å². The first-order chi connectivity index (χ1) is 11.0. The Morgan fingerprint density at radius 1 is 1.17 bits per heavy atom. The number of nitrogens with zero attached hydrogens (tertiary/aromatic N) is 1. The van der Waals surface area contributed by atoms with Gasteiger partial charge in [-0.1, -0.05) is 18.2 Å². The molecule has 2 amide bonds. The summed E-state index contributed by atoms with van der Waals surface area (Å²) < 4.78 is 0. The van der Waals surface area contributed by atoms with Crippen molar-refractivity contribution in [2.45, 2.75) is 13.8 Å². The first kappa shape index (κ1) is 15.1. The zero-order chi connectivity index (χ0) is 16.4. The van der Waals surface area contributed by atoms with Crippen molar-refractivity contribution in [2.75, 3.05) is 28.6 Å². The van der Waals surface area contributed by atoms with E-state index in [2.05, 4.69) is 10.6 Å². The molecule has 1 aliphatic heterocycles. The van der Waals surface area contributed by atoms with E-state index in [1.807, 2.05) is 56.3 Å². The minimum atomic E-state index is -0.208. The van der Waals surface area contributed by atoms with Crippen molar-refractivity contribution < 1.29 is 9.59 Å². The Kier molecular flexibility index (Phi) is 4.02. The first-order valence-corrected chi connectivity index (χ1v) is 7.54. The van der Waals surface area contributed by atoms with E-state index >= 15 is 0 Å². The standard InChI is InChI=1S/C18H19N3O2/c1-12-7-13(2)9-14(8-12)20-17(22)11-21-16-6-4-3-5-15(16)19-10-18(21)23/h3-9,19H,10-11H2,1-2H3,(H,20,22). The van der Waals surface area contributed by atoms with Crippen LogP contribution in [0.25, 0.3) is 0 Å². The van der Waals surface area contributed by atoms with E-state index in [4.69, 9.17) is 0 Å². The summed E-state index contributed by atoms with van der Waals surface area (Å²) in [6, 6.07) is 13.4. The largest absolute Gasteiger partial charge is 0.374 e. The zero-order valence-corrected chi connectivity index (χ0v) is 13.2. The highest BCUT2D eigenvalue weighted by Crippen LogP contribution is 2.28. The molecule has 0 saturated carbocycles. The number of hydrogen-bond acceptors (Lipinski definition) is 3. The summed E-state index contributed by atoms with van der Waals surface area (Å²) in [6.07, 6.45) is 0. The van der Waals surface area contributed by atoms with E-state index in [9.17, 15) is 9.59 Å². The topological polar surface area (TPSA) is 61.4 Å². The number of carbonyl (C=O) groups excluding carboxylic acids is 2. The second-order valence-corrected chi connectivity index (χ2v) is 5.78. The number of amides is 2. The third-order valence-electron chi connectivity index (χ3n) is 3.73. The Bertz CT molecular complexity index is 750. The van der Waals surface area contributed by atoms with Crippen molar-refractivity contribution in [2.24, 2.45) is 0 Å². The summed E-state index contributed by atoms with van der Waals surface area (Å²) in [5.41, 5.74) is 4.53. The van der Waals surface area contributed by atoms with E-state index in [0.717, 1.165) is 28.2 Å². The number of nitrogens with one attached hydrogen (secondary N) is 2. The van der Waals surface area contributed by atoms with Crippen molar-refractivity contribution in [1.29, 1.82) is 0 Å². The van der Waals surface area contributed by atoms with Crippen LogP contribution in [0.4, 0.5) is 17.1 Å². The van der Waals surface area contributed by atoms with Crippen molar-refractivity contribution in [3.63, 3.8) is 0 Å². The number of fused-ring (bicyclic) bond motifs is 1. The minimum Gasteiger partial charge on any atom is -0.374 e. The smallest absolute Gasteiger partial charge is 0.246 e. The van der Waals surface area contributed by atoms with Gasteiger partial charge >= 0.3 is 0 Å². The molecule has 0 fully saturated rings. The van der Waals surface area contributed by atoms with Crippen LogP contribution in [-0.2, 0) is 9.59 Å². The molecule has 3 rings (SSSR count). The van der Waals surface area contributed by atoms with Crippen molar-refractivity contribution in [3.8, 4) is 0 Å². The molecular weight excluding hydrogens is 290 g/mol. The minimum absolute atomic E-state index is 0.00448. The third-order valence-corrected chi connectivity index (χ3v) is 3.73. The van der Waals surface area contributed by atoms with Gasteiger partial charge < -0.3 is 10.6 Å². The molecule has 23 heavy (non-hydrogen) atoms. The molecule has 2 aromatic rings. The number of carbonyl (C=O) groups is 2. The molecule has 0 aliphatic carbocycles. The number of rotatable bonds is 3. The second-order valence-electron chi connectivity index (χ2n) is 5.78. The maximum absolute atomic E-state index is 12.3. The number of aryl methyl sites for hydroxylation is 2. The first-order valence-electron chi connectivity index (χ1n) is 7.54. The fraction of sp³-hybridized carbons (Fsp3) is 0.222. The Balaban J connectivity index is 1.76. The van der Waals surface area contributed by atoms with Crippen molar-refractivity contribution in [3.05, 3.63) is 53.6 Å². The molecule has 0 radical (unpaired) electrons. The molecule has 2 N–H and O–H groups in total. The molecule has 0 bridgehead atoms. The molecule has 118 valence electrons. The summed E-state index contributed by atoms with van der Waals surface area (Å²) >= 11 is 0. The summed E-state index contributed by atoms with van der Waals surface area (Å²) in [5.74, 6) is -0.320. The fourth-order valence-electron chi connectivity index (χ4n) is 2.82. The Hall–Kier alpha value is -2.82. The lowest BCUT2D eigenvalue weighted by Crippen LogP contribution is -2.44. The van der Waals surface area contributed by atoms with Gasteiger partial charge in [-0.15, -0.1) is 0 Å². The number of benzene rings is 2. The lowest BCUT2D eigenvalue weighted by molar-refractivity contribution is -0.120. The molecule has 2 aromatic carbocycles. The quantitative estimate of drug-likeness (QED) is 0.916. The van der Waals surface area contributed by atoms with Crippen LogP contribution in [-0.4, -0.2) is 24.9 Å². The number of anilines is 3. The van der Waals surface area contributed by atoms with Gasteiger partial charge in [-0.3, -0.25) is 14.5 Å². The van der Waals surface area contributed by atoms with Crippen LogP contribution < -0.4 is 15.5 Å². The van der Waals surface area contributed by atoms with Crippen LogP contribution in [0.3, 0.4) is 0 Å². The highest BCUT2D eigenvalue weighted by atomic mass is 16.2. The average Bonchev–Trinajstić information content (AvgIpc) is 2.49. The fourth-order valence-corrected chi connectivity index (χ4v) is 2.82. The molecule has 0 spiro atoms. The van der Waals surface area contributed by atoms with Gasteiger partial charge in [-0.25, -0.2) is 0 Å². The van der Waals surface area contributed by atoms with E-state index in [1.165, 1.54) is 4.90 Å². The number of hydrogen-bond donors (Lipinski definition) is 2. The Labute approximate surface area is 135 Å². The highest BCUT2D eigenvalue weighted by molar-refractivity contribution is 6.07. The van der Waals surface area contributed by atoms with Gasteiger partial charge in [-0.2, -0.15) is 0 Å². The van der Waals surface area contributed by atoms with Crippen LogP contribution in [0.5, 0.6) is 0 Å². The van der Waals surface area contributed by atoms with Crippen molar-refractivity contribution in [1.82, 2.24) is 0 Å². The van der Waals surface area contributed by atoms with Gasteiger partial charge in [0, 0.05) is 5.69 Å². The maximum Gasteiger partial charge on any atom is 0.246 e. The number of para-hydroxylation sites is 2. The molecule has 1 heterocycles.